The molecule has 21 heavy (non-hydrogen) atoms. The summed E-state index contributed by atoms with van der Waals surface area (Å²) in [6, 6.07) is 0.189. The van der Waals surface area contributed by atoms with Crippen LogP contribution in [-0.4, -0.2) is 48.9 Å². The van der Waals surface area contributed by atoms with Gasteiger partial charge in [-0.2, -0.15) is 0 Å². The second-order valence-corrected chi connectivity index (χ2v) is 7.61. The first-order chi connectivity index (χ1) is 10.1. The summed E-state index contributed by atoms with van der Waals surface area (Å²) in [6.45, 7) is 0.682. The number of nitrogens with zero attached hydrogens (tertiary/aromatic N) is 1. The molecule has 2 N–H and O–H groups in total. The highest BCUT2D eigenvalue weighted by atomic mass is 16.2. The molecule has 5 aliphatic rings. The molecule has 4 bridgehead atoms. The molecule has 4 aliphatic carbocycles. The fourth-order valence-electron chi connectivity index (χ4n) is 5.66. The van der Waals surface area contributed by atoms with Gasteiger partial charge in [0, 0.05) is 19.6 Å². The summed E-state index contributed by atoms with van der Waals surface area (Å²) in [5.74, 6) is 3.43. The number of likely N-dealkylation sites (N-methyl/N-ethyl adjacent to an activating group) is 1. The number of amides is 2. The largest absolute Gasteiger partial charge is 0.353 e. The predicted octanol–water partition coefficient (Wildman–Crippen LogP) is 0.358. The molecule has 5 fully saturated rings. The van der Waals surface area contributed by atoms with E-state index in [1.807, 2.05) is 11.9 Å². The predicted molar refractivity (Wildman–Crippen MR) is 78.4 cm³/mol. The van der Waals surface area contributed by atoms with Crippen LogP contribution in [0.2, 0.25) is 0 Å². The van der Waals surface area contributed by atoms with E-state index in [-0.39, 0.29) is 24.4 Å². The summed E-state index contributed by atoms with van der Waals surface area (Å²) in [7, 11) is 1.98. The van der Waals surface area contributed by atoms with Crippen molar-refractivity contribution in [2.75, 3.05) is 20.1 Å². The number of piperazine rings is 1. The number of hydrogen-bond donors (Lipinski definition) is 2. The molecule has 1 saturated heterocycles. The van der Waals surface area contributed by atoms with E-state index in [1.54, 1.807) is 0 Å². The van der Waals surface area contributed by atoms with Gasteiger partial charge in [-0.15, -0.1) is 0 Å². The first kappa shape index (κ1) is 13.6. The molecule has 1 atom stereocenters. The van der Waals surface area contributed by atoms with Gasteiger partial charge in [0.25, 0.3) is 0 Å². The van der Waals surface area contributed by atoms with Crippen molar-refractivity contribution in [1.82, 2.24) is 15.5 Å². The minimum atomic E-state index is -0.245. The standard InChI is InChI=1S/C16H25N3O2/c1-19(16(21)13-7-18-14(20)8-17-13)15-11-3-9-2-10(5-11)6-12(15)4-9/h9-13,15,17H,2-8H2,1H3,(H,18,20). The molecule has 0 spiro atoms. The van der Waals surface area contributed by atoms with E-state index in [2.05, 4.69) is 10.6 Å². The minimum Gasteiger partial charge on any atom is -0.353 e. The van der Waals surface area contributed by atoms with Crippen LogP contribution in [0.25, 0.3) is 0 Å². The third-order valence-electron chi connectivity index (χ3n) is 6.28. The smallest absolute Gasteiger partial charge is 0.241 e. The highest BCUT2D eigenvalue weighted by Crippen LogP contribution is 2.54. The molecular weight excluding hydrogens is 266 g/mol. The Morgan fingerprint density at radius 1 is 1.10 bits per heavy atom. The van der Waals surface area contributed by atoms with Crippen molar-refractivity contribution in [3.05, 3.63) is 0 Å². The van der Waals surface area contributed by atoms with Crippen LogP contribution in [0.5, 0.6) is 0 Å². The van der Waals surface area contributed by atoms with Crippen LogP contribution < -0.4 is 10.6 Å². The summed E-state index contributed by atoms with van der Waals surface area (Å²) in [6.07, 6.45) is 6.73. The molecule has 1 aliphatic heterocycles. The molecule has 4 saturated carbocycles. The van der Waals surface area contributed by atoms with E-state index in [0.29, 0.717) is 24.4 Å². The highest BCUT2D eigenvalue weighted by Gasteiger charge is 2.50. The van der Waals surface area contributed by atoms with Gasteiger partial charge < -0.3 is 10.2 Å². The van der Waals surface area contributed by atoms with Crippen LogP contribution in [0, 0.1) is 23.7 Å². The Kier molecular flexibility index (Phi) is 3.21. The Morgan fingerprint density at radius 3 is 2.24 bits per heavy atom. The Balaban J connectivity index is 1.46. The van der Waals surface area contributed by atoms with Crippen molar-refractivity contribution in [1.29, 1.82) is 0 Å². The Labute approximate surface area is 125 Å². The molecule has 116 valence electrons. The third-order valence-corrected chi connectivity index (χ3v) is 6.28. The topological polar surface area (TPSA) is 61.4 Å². The van der Waals surface area contributed by atoms with E-state index >= 15 is 0 Å². The molecule has 1 heterocycles. The number of rotatable bonds is 2. The molecule has 0 aromatic heterocycles. The van der Waals surface area contributed by atoms with Gasteiger partial charge in [-0.1, -0.05) is 0 Å². The molecule has 5 nitrogen and oxygen atoms in total. The quantitative estimate of drug-likeness (QED) is 0.772. The maximum atomic E-state index is 12.7. The Bertz CT molecular complexity index is 426. The first-order valence-corrected chi connectivity index (χ1v) is 8.38. The number of carbonyl (C=O) groups is 2. The number of hydrogen-bond acceptors (Lipinski definition) is 3. The van der Waals surface area contributed by atoms with Gasteiger partial charge in [0.15, 0.2) is 0 Å². The van der Waals surface area contributed by atoms with Crippen LogP contribution >= 0.6 is 0 Å². The lowest BCUT2D eigenvalue weighted by Crippen LogP contribution is -2.63. The first-order valence-electron chi connectivity index (χ1n) is 8.38. The molecule has 5 heteroatoms. The maximum Gasteiger partial charge on any atom is 0.241 e. The van der Waals surface area contributed by atoms with Gasteiger partial charge in [0.05, 0.1) is 6.54 Å². The average molecular weight is 291 g/mol. The second-order valence-electron chi connectivity index (χ2n) is 7.61. The zero-order valence-electron chi connectivity index (χ0n) is 12.7. The normalized spacial score (nSPS) is 44.5. The van der Waals surface area contributed by atoms with Crippen molar-refractivity contribution < 1.29 is 9.59 Å². The van der Waals surface area contributed by atoms with Gasteiger partial charge in [-0.05, 0) is 55.8 Å². The van der Waals surface area contributed by atoms with Gasteiger partial charge in [-0.25, -0.2) is 0 Å². The van der Waals surface area contributed by atoms with E-state index in [4.69, 9.17) is 0 Å². The average Bonchev–Trinajstić information content (AvgIpc) is 2.46. The highest BCUT2D eigenvalue weighted by molar-refractivity contribution is 5.86. The zero-order chi connectivity index (χ0) is 14.6. The summed E-state index contributed by atoms with van der Waals surface area (Å²) < 4.78 is 0. The summed E-state index contributed by atoms with van der Waals surface area (Å²) in [4.78, 5) is 26.0. The van der Waals surface area contributed by atoms with Crippen LogP contribution in [-0.2, 0) is 9.59 Å². The monoisotopic (exact) mass is 291 g/mol. The molecule has 0 aromatic rings. The van der Waals surface area contributed by atoms with E-state index in [1.165, 1.54) is 32.1 Å². The fourth-order valence-corrected chi connectivity index (χ4v) is 5.66. The maximum absolute atomic E-state index is 12.7. The van der Waals surface area contributed by atoms with Gasteiger partial charge in [-0.3, -0.25) is 14.9 Å². The lowest BCUT2D eigenvalue weighted by Gasteiger charge is -2.56. The summed E-state index contributed by atoms with van der Waals surface area (Å²) in [5.41, 5.74) is 0. The summed E-state index contributed by atoms with van der Waals surface area (Å²) in [5, 5.41) is 5.86. The van der Waals surface area contributed by atoms with Crippen molar-refractivity contribution >= 4 is 11.8 Å². The summed E-state index contributed by atoms with van der Waals surface area (Å²) >= 11 is 0. The Morgan fingerprint density at radius 2 is 1.71 bits per heavy atom. The third kappa shape index (κ3) is 2.26. The van der Waals surface area contributed by atoms with Crippen molar-refractivity contribution in [3.8, 4) is 0 Å². The van der Waals surface area contributed by atoms with Crippen LogP contribution in [0.3, 0.4) is 0 Å². The fraction of sp³-hybridized carbons (Fsp3) is 0.875. The minimum absolute atomic E-state index is 0.0173. The number of nitrogens with one attached hydrogen (secondary N) is 2. The molecule has 0 aromatic carbocycles. The van der Waals surface area contributed by atoms with Crippen molar-refractivity contribution in [3.63, 3.8) is 0 Å². The van der Waals surface area contributed by atoms with Crippen LogP contribution in [0.1, 0.15) is 32.1 Å². The molecule has 0 radical (unpaired) electrons. The SMILES string of the molecule is CN(C(=O)C1CNC(=O)CN1)C1C2CC3CC(C2)CC1C3. The van der Waals surface area contributed by atoms with E-state index < -0.39 is 0 Å². The van der Waals surface area contributed by atoms with Crippen LogP contribution in [0.15, 0.2) is 0 Å². The molecule has 1 unspecified atom stereocenters. The van der Waals surface area contributed by atoms with Crippen molar-refractivity contribution in [2.24, 2.45) is 23.7 Å². The van der Waals surface area contributed by atoms with Crippen LogP contribution in [0.4, 0.5) is 0 Å². The number of carbonyl (C=O) groups excluding carboxylic acids is 2. The van der Waals surface area contributed by atoms with Gasteiger partial charge in [0.1, 0.15) is 6.04 Å². The van der Waals surface area contributed by atoms with Gasteiger partial charge >= 0.3 is 0 Å². The van der Waals surface area contributed by atoms with Gasteiger partial charge in [0.2, 0.25) is 11.8 Å². The Hall–Kier alpha value is -1.10. The molecule has 2 amide bonds. The second kappa shape index (κ2) is 4.97. The lowest BCUT2D eigenvalue weighted by molar-refractivity contribution is -0.144. The molecule has 5 rings (SSSR count). The van der Waals surface area contributed by atoms with E-state index in [9.17, 15) is 9.59 Å². The van der Waals surface area contributed by atoms with E-state index in [0.717, 1.165) is 11.8 Å². The van der Waals surface area contributed by atoms with Crippen molar-refractivity contribution in [2.45, 2.75) is 44.2 Å². The molecular formula is C16H25N3O2. The lowest BCUT2D eigenvalue weighted by atomic mass is 9.54. The zero-order valence-corrected chi connectivity index (χ0v) is 12.7.